The van der Waals surface area contributed by atoms with E-state index >= 15 is 0 Å². The van der Waals surface area contributed by atoms with Crippen LogP contribution in [0.4, 0.5) is 0 Å². The van der Waals surface area contributed by atoms with Crippen molar-refractivity contribution in [3.8, 4) is 0 Å². The van der Waals surface area contributed by atoms with Crippen LogP contribution >= 0.6 is 0 Å². The molecule has 6 N–H and O–H groups in total. The Morgan fingerprint density at radius 1 is 0.892 bits per heavy atom. The van der Waals surface area contributed by atoms with Crippen molar-refractivity contribution in [1.82, 2.24) is 15.5 Å². The lowest BCUT2D eigenvalue weighted by molar-refractivity contribution is -0.138. The molecule has 0 heterocycles. The number of nitrogens with two attached hydrogens (primary N) is 2. The first-order valence-electron chi connectivity index (χ1n) is 13.5. The maximum Gasteiger partial charge on any atom is 0.242 e. The lowest BCUT2D eigenvalue weighted by Gasteiger charge is -2.40. The second kappa shape index (κ2) is 27.9. The van der Waals surface area contributed by atoms with E-state index in [-0.39, 0.29) is 55.2 Å². The SMILES string of the molecule is CC.CC(C)C.CC(N)=O.CCC(=O)NCC(=O)NCC(=O)N(C1CCCCC1)C(C)C(C)C.NC=O. The molecule has 0 radical (unpaired) electrons. The molecule has 0 spiro atoms. The summed E-state index contributed by atoms with van der Waals surface area (Å²) in [5, 5.41) is 5.14. The molecule has 0 bridgehead atoms. The zero-order chi connectivity index (χ0) is 30.0. The fourth-order valence-corrected chi connectivity index (χ4v) is 3.08. The summed E-state index contributed by atoms with van der Waals surface area (Å²) >= 11 is 0. The summed E-state index contributed by atoms with van der Waals surface area (Å²) in [6.45, 7) is 19.8. The smallest absolute Gasteiger partial charge is 0.242 e. The van der Waals surface area contributed by atoms with Gasteiger partial charge in [0.1, 0.15) is 0 Å². The van der Waals surface area contributed by atoms with Gasteiger partial charge in [0.05, 0.1) is 13.1 Å². The predicted octanol–water partition coefficient (Wildman–Crippen LogP) is 3.12. The first kappa shape index (κ1) is 41.5. The second-order valence-electron chi connectivity index (χ2n) is 9.46. The van der Waals surface area contributed by atoms with E-state index < -0.39 is 0 Å². The van der Waals surface area contributed by atoms with Crippen LogP contribution in [-0.2, 0) is 24.0 Å². The van der Waals surface area contributed by atoms with E-state index in [0.29, 0.717) is 12.3 Å². The van der Waals surface area contributed by atoms with Gasteiger partial charge in [-0.05, 0) is 31.6 Å². The fraction of sp³-hybridized carbons (Fsp3) is 0.815. The van der Waals surface area contributed by atoms with Gasteiger partial charge in [0.2, 0.25) is 30.0 Å². The minimum atomic E-state index is -0.333. The molecule has 1 fully saturated rings. The van der Waals surface area contributed by atoms with Gasteiger partial charge >= 0.3 is 0 Å². The Labute approximate surface area is 226 Å². The number of amides is 5. The van der Waals surface area contributed by atoms with Crippen molar-refractivity contribution in [1.29, 1.82) is 0 Å². The van der Waals surface area contributed by atoms with Gasteiger partial charge in [0.25, 0.3) is 0 Å². The number of hydrogen-bond acceptors (Lipinski definition) is 5. The standard InChI is InChI=1S/C18H33N3O3.C4H10.C2H5NO.C2H6.CH3NO/c1-5-16(22)19-11-17(23)20-12-18(24)21(14(4)13(2)3)15-9-7-6-8-10-15;1-4(2)3;1-2(3)4;1-2;2-1-3/h13-15H,5-12H2,1-4H3,(H,19,22)(H,20,23);4H,1-3H3;1H3,(H2,3,4);1-2H3;1H,(H2,2,3). The molecule has 0 saturated heterocycles. The molecule has 10 heteroatoms. The van der Waals surface area contributed by atoms with E-state index in [0.717, 1.165) is 31.6 Å². The number of carbonyl (C=O) groups is 5. The predicted molar refractivity (Wildman–Crippen MR) is 151 cm³/mol. The molecule has 220 valence electrons. The lowest BCUT2D eigenvalue weighted by atomic mass is 9.91. The van der Waals surface area contributed by atoms with Crippen LogP contribution in [0.2, 0.25) is 0 Å². The van der Waals surface area contributed by atoms with Crippen molar-refractivity contribution in [2.75, 3.05) is 13.1 Å². The molecule has 1 aliphatic carbocycles. The highest BCUT2D eigenvalue weighted by atomic mass is 16.2. The largest absolute Gasteiger partial charge is 0.372 e. The summed E-state index contributed by atoms with van der Waals surface area (Å²) in [5.74, 6) is 0.341. The van der Waals surface area contributed by atoms with Gasteiger partial charge in [-0.25, -0.2) is 0 Å². The van der Waals surface area contributed by atoms with Crippen molar-refractivity contribution in [2.45, 2.75) is 120 Å². The molecular weight excluding hydrogens is 474 g/mol. The molecule has 5 amide bonds. The van der Waals surface area contributed by atoms with E-state index in [2.05, 4.69) is 63.6 Å². The van der Waals surface area contributed by atoms with Crippen molar-refractivity contribution >= 4 is 30.0 Å². The van der Waals surface area contributed by atoms with E-state index in [4.69, 9.17) is 4.79 Å². The third kappa shape index (κ3) is 29.5. The highest BCUT2D eigenvalue weighted by Crippen LogP contribution is 2.26. The zero-order valence-corrected chi connectivity index (χ0v) is 25.2. The Morgan fingerprint density at radius 3 is 1.62 bits per heavy atom. The minimum Gasteiger partial charge on any atom is -0.372 e. The molecule has 0 aliphatic heterocycles. The summed E-state index contributed by atoms with van der Waals surface area (Å²) in [4.78, 5) is 55.4. The molecule has 1 atom stereocenters. The van der Waals surface area contributed by atoms with Crippen LogP contribution in [0.25, 0.3) is 0 Å². The fourth-order valence-electron chi connectivity index (χ4n) is 3.08. The summed E-state index contributed by atoms with van der Waals surface area (Å²) in [6, 6.07) is 0.428. The monoisotopic (exact) mass is 531 g/mol. The van der Waals surface area contributed by atoms with Gasteiger partial charge in [0.15, 0.2) is 0 Å². The molecule has 0 aromatic heterocycles. The molecule has 37 heavy (non-hydrogen) atoms. The third-order valence-electron chi connectivity index (χ3n) is 4.86. The van der Waals surface area contributed by atoms with Crippen LogP contribution in [0.3, 0.4) is 0 Å². The van der Waals surface area contributed by atoms with Gasteiger partial charge in [-0.15, -0.1) is 0 Å². The number of hydrogen-bond donors (Lipinski definition) is 4. The minimum absolute atomic E-state index is 0.00557. The Hall–Kier alpha value is -2.65. The molecule has 10 nitrogen and oxygen atoms in total. The molecule has 1 unspecified atom stereocenters. The molecule has 1 saturated carbocycles. The van der Waals surface area contributed by atoms with Crippen LogP contribution < -0.4 is 22.1 Å². The first-order valence-corrected chi connectivity index (χ1v) is 13.5. The number of primary amides is 2. The number of rotatable bonds is 8. The summed E-state index contributed by atoms with van der Waals surface area (Å²) in [7, 11) is 0. The maximum atomic E-state index is 12.7. The molecule has 0 aromatic carbocycles. The maximum absolute atomic E-state index is 12.7. The number of carbonyl (C=O) groups excluding carboxylic acids is 5. The van der Waals surface area contributed by atoms with Gasteiger partial charge < -0.3 is 27.0 Å². The highest BCUT2D eigenvalue weighted by molar-refractivity contribution is 5.88. The Morgan fingerprint density at radius 2 is 1.27 bits per heavy atom. The number of nitrogens with one attached hydrogen (secondary N) is 2. The Kier molecular flexibility index (Phi) is 31.3. The summed E-state index contributed by atoms with van der Waals surface area (Å²) < 4.78 is 0. The Balaban J connectivity index is -0.000000349. The van der Waals surface area contributed by atoms with Crippen molar-refractivity contribution in [2.24, 2.45) is 23.3 Å². The van der Waals surface area contributed by atoms with Crippen molar-refractivity contribution in [3.05, 3.63) is 0 Å². The summed E-state index contributed by atoms with van der Waals surface area (Å²) in [5.41, 5.74) is 8.64. The Bertz CT molecular complexity index is 599. The topological polar surface area (TPSA) is 165 Å². The van der Waals surface area contributed by atoms with Crippen LogP contribution in [0.1, 0.15) is 108 Å². The quantitative estimate of drug-likeness (QED) is 0.353. The average Bonchev–Trinajstić information content (AvgIpc) is 2.83. The highest BCUT2D eigenvalue weighted by Gasteiger charge is 2.30. The van der Waals surface area contributed by atoms with Crippen LogP contribution in [-0.4, -0.2) is 60.1 Å². The van der Waals surface area contributed by atoms with Crippen molar-refractivity contribution in [3.63, 3.8) is 0 Å². The summed E-state index contributed by atoms with van der Waals surface area (Å²) in [6.07, 6.45) is 6.24. The number of nitrogens with zero attached hydrogens (tertiary/aromatic N) is 1. The molecule has 1 aliphatic rings. The van der Waals surface area contributed by atoms with Crippen LogP contribution in [0.5, 0.6) is 0 Å². The molecular formula is C27H57N5O5. The van der Waals surface area contributed by atoms with Gasteiger partial charge in [-0.2, -0.15) is 0 Å². The van der Waals surface area contributed by atoms with E-state index in [9.17, 15) is 19.2 Å². The molecule has 1 rings (SSSR count). The van der Waals surface area contributed by atoms with E-state index in [1.54, 1.807) is 6.92 Å². The van der Waals surface area contributed by atoms with E-state index in [1.165, 1.54) is 13.3 Å². The van der Waals surface area contributed by atoms with Crippen molar-refractivity contribution < 1.29 is 24.0 Å². The second-order valence-corrected chi connectivity index (χ2v) is 9.46. The van der Waals surface area contributed by atoms with E-state index in [1.807, 2.05) is 18.7 Å². The third-order valence-corrected chi connectivity index (χ3v) is 4.86. The zero-order valence-electron chi connectivity index (χ0n) is 25.2. The first-order chi connectivity index (χ1) is 17.2. The van der Waals surface area contributed by atoms with Gasteiger partial charge in [-0.1, -0.05) is 74.7 Å². The normalized spacial score (nSPS) is 12.9. The van der Waals surface area contributed by atoms with Gasteiger partial charge in [-0.3, -0.25) is 24.0 Å². The molecule has 0 aromatic rings. The average molecular weight is 532 g/mol. The van der Waals surface area contributed by atoms with Gasteiger partial charge in [0, 0.05) is 25.4 Å². The van der Waals surface area contributed by atoms with Crippen LogP contribution in [0.15, 0.2) is 0 Å². The van der Waals surface area contributed by atoms with Crippen LogP contribution in [0, 0.1) is 11.8 Å². The lowest BCUT2D eigenvalue weighted by Crippen LogP contribution is -2.52.